The fraction of sp³-hybridized carbons (Fsp3) is 0.333. The third-order valence-electron chi connectivity index (χ3n) is 3.43. The van der Waals surface area contributed by atoms with Gasteiger partial charge in [-0.25, -0.2) is 4.98 Å². The van der Waals surface area contributed by atoms with E-state index in [1.54, 1.807) is 25.4 Å². The highest BCUT2D eigenvalue weighted by Crippen LogP contribution is 2.22. The summed E-state index contributed by atoms with van der Waals surface area (Å²) in [7, 11) is 1.59. The van der Waals surface area contributed by atoms with E-state index >= 15 is 0 Å². The van der Waals surface area contributed by atoms with Crippen molar-refractivity contribution < 1.29 is 14.3 Å². The number of amides is 1. The molecule has 1 atom stereocenters. The topological polar surface area (TPSA) is 51.7 Å². The van der Waals surface area contributed by atoms with Gasteiger partial charge in [0, 0.05) is 30.1 Å². The van der Waals surface area contributed by atoms with Crippen LogP contribution in [0, 0.1) is 0 Å². The van der Waals surface area contributed by atoms with E-state index in [4.69, 9.17) is 9.47 Å². The van der Waals surface area contributed by atoms with E-state index in [9.17, 15) is 4.79 Å². The Labute approximate surface area is 127 Å². The second kappa shape index (κ2) is 6.13. The van der Waals surface area contributed by atoms with Crippen molar-refractivity contribution in [3.05, 3.63) is 41.4 Å². The van der Waals surface area contributed by atoms with E-state index in [1.165, 1.54) is 11.3 Å². The van der Waals surface area contributed by atoms with Crippen molar-refractivity contribution in [2.45, 2.75) is 12.5 Å². The predicted molar refractivity (Wildman–Crippen MR) is 80.0 cm³/mol. The van der Waals surface area contributed by atoms with Crippen molar-refractivity contribution in [2.24, 2.45) is 0 Å². The summed E-state index contributed by atoms with van der Waals surface area (Å²) < 4.78 is 10.9. The van der Waals surface area contributed by atoms with Crippen LogP contribution in [0.2, 0.25) is 0 Å². The minimum atomic E-state index is 0.0131. The summed E-state index contributed by atoms with van der Waals surface area (Å²) in [5, 5.41) is 2.54. The zero-order valence-electron chi connectivity index (χ0n) is 11.7. The summed E-state index contributed by atoms with van der Waals surface area (Å²) in [6.07, 6.45) is 2.56. The van der Waals surface area contributed by atoms with Gasteiger partial charge in [-0.05, 0) is 18.2 Å². The minimum Gasteiger partial charge on any atom is -0.497 e. The summed E-state index contributed by atoms with van der Waals surface area (Å²) in [4.78, 5) is 18.4. The number of methoxy groups -OCH3 is 1. The highest BCUT2D eigenvalue weighted by Gasteiger charge is 2.28. The van der Waals surface area contributed by atoms with E-state index in [-0.39, 0.29) is 12.0 Å². The van der Waals surface area contributed by atoms with E-state index in [0.29, 0.717) is 29.6 Å². The molecule has 3 rings (SSSR count). The van der Waals surface area contributed by atoms with Gasteiger partial charge in [-0.3, -0.25) is 4.79 Å². The lowest BCUT2D eigenvalue weighted by atomic mass is 10.2. The largest absolute Gasteiger partial charge is 0.497 e. The first-order valence-corrected chi connectivity index (χ1v) is 7.63. The Bertz CT molecular complexity index is 615. The van der Waals surface area contributed by atoms with Gasteiger partial charge in [0.15, 0.2) is 0 Å². The first kappa shape index (κ1) is 13.9. The number of carbonyl (C=O) groups excluding carboxylic acids is 1. The zero-order valence-corrected chi connectivity index (χ0v) is 12.5. The lowest BCUT2D eigenvalue weighted by molar-refractivity contribution is 0.0772. The van der Waals surface area contributed by atoms with Gasteiger partial charge in [-0.1, -0.05) is 17.4 Å². The number of benzene rings is 1. The number of ether oxygens (including phenoxy) is 2. The van der Waals surface area contributed by atoms with E-state index in [1.807, 2.05) is 22.4 Å². The van der Waals surface area contributed by atoms with Crippen LogP contribution >= 0.6 is 11.3 Å². The second-order valence-corrected chi connectivity index (χ2v) is 5.67. The monoisotopic (exact) mass is 304 g/mol. The van der Waals surface area contributed by atoms with Crippen molar-refractivity contribution in [2.75, 3.05) is 20.2 Å². The molecule has 1 unspecified atom stereocenters. The van der Waals surface area contributed by atoms with Crippen molar-refractivity contribution in [1.29, 1.82) is 0 Å². The van der Waals surface area contributed by atoms with Crippen LogP contribution in [0.5, 0.6) is 10.9 Å². The van der Waals surface area contributed by atoms with Crippen LogP contribution < -0.4 is 9.47 Å². The van der Waals surface area contributed by atoms with Gasteiger partial charge >= 0.3 is 0 Å². The summed E-state index contributed by atoms with van der Waals surface area (Å²) in [6, 6.07) is 7.22. The Balaban J connectivity index is 1.63. The van der Waals surface area contributed by atoms with Gasteiger partial charge in [0.1, 0.15) is 11.9 Å². The number of nitrogens with zero attached hydrogens (tertiary/aromatic N) is 2. The van der Waals surface area contributed by atoms with Crippen LogP contribution in [0.3, 0.4) is 0 Å². The number of carbonyl (C=O) groups is 1. The average Bonchev–Trinajstić information content (AvgIpc) is 3.19. The molecule has 0 saturated carbocycles. The van der Waals surface area contributed by atoms with Gasteiger partial charge in [0.05, 0.1) is 13.7 Å². The minimum absolute atomic E-state index is 0.0131. The Hall–Kier alpha value is -2.08. The molecule has 0 spiro atoms. The molecule has 5 nitrogen and oxygen atoms in total. The van der Waals surface area contributed by atoms with Crippen LogP contribution in [-0.4, -0.2) is 42.1 Å². The Morgan fingerprint density at radius 1 is 1.48 bits per heavy atom. The lowest BCUT2D eigenvalue weighted by Gasteiger charge is -2.17. The molecular formula is C15H16N2O3S. The molecule has 2 heterocycles. The molecule has 1 saturated heterocycles. The van der Waals surface area contributed by atoms with Crippen LogP contribution in [0.1, 0.15) is 16.8 Å². The Kier molecular flexibility index (Phi) is 4.06. The Morgan fingerprint density at radius 2 is 2.38 bits per heavy atom. The summed E-state index contributed by atoms with van der Waals surface area (Å²) >= 11 is 1.47. The van der Waals surface area contributed by atoms with Crippen LogP contribution in [0.15, 0.2) is 35.8 Å². The van der Waals surface area contributed by atoms with Gasteiger partial charge in [0.25, 0.3) is 11.1 Å². The predicted octanol–water partition coefficient (Wildman–Crippen LogP) is 2.45. The SMILES string of the molecule is COc1cccc(C(=O)N2CCC(Oc3nccs3)C2)c1. The fourth-order valence-electron chi connectivity index (χ4n) is 2.36. The third kappa shape index (κ3) is 3.16. The molecule has 0 radical (unpaired) electrons. The molecule has 1 aliphatic heterocycles. The van der Waals surface area contributed by atoms with Gasteiger partial charge in [0.2, 0.25) is 0 Å². The van der Waals surface area contributed by atoms with Crippen molar-refractivity contribution in [3.63, 3.8) is 0 Å². The van der Waals surface area contributed by atoms with Crippen LogP contribution in [0.25, 0.3) is 0 Å². The van der Waals surface area contributed by atoms with Gasteiger partial charge in [-0.15, -0.1) is 0 Å². The summed E-state index contributed by atoms with van der Waals surface area (Å²) in [6.45, 7) is 1.29. The van der Waals surface area contributed by atoms with E-state index in [2.05, 4.69) is 4.98 Å². The number of hydrogen-bond donors (Lipinski definition) is 0. The molecule has 1 aromatic heterocycles. The normalized spacial score (nSPS) is 17.8. The first-order chi connectivity index (χ1) is 10.3. The highest BCUT2D eigenvalue weighted by atomic mass is 32.1. The molecule has 1 amide bonds. The smallest absolute Gasteiger partial charge is 0.273 e. The number of likely N-dealkylation sites (tertiary alicyclic amines) is 1. The first-order valence-electron chi connectivity index (χ1n) is 6.76. The standard InChI is InChI=1S/C15H16N2O3S/c1-19-12-4-2-3-11(9-12)14(18)17-7-5-13(10-17)20-15-16-6-8-21-15/h2-4,6,8-9,13H,5,7,10H2,1H3. The molecule has 1 aromatic carbocycles. The van der Waals surface area contributed by atoms with Gasteiger partial charge < -0.3 is 14.4 Å². The molecule has 0 aliphatic carbocycles. The van der Waals surface area contributed by atoms with Crippen molar-refractivity contribution in [1.82, 2.24) is 9.88 Å². The molecule has 6 heteroatoms. The molecular weight excluding hydrogens is 288 g/mol. The molecule has 0 bridgehead atoms. The molecule has 110 valence electrons. The molecule has 21 heavy (non-hydrogen) atoms. The molecule has 2 aromatic rings. The molecule has 0 N–H and O–H groups in total. The maximum absolute atomic E-state index is 12.5. The Morgan fingerprint density at radius 3 is 3.14 bits per heavy atom. The molecule has 1 aliphatic rings. The molecule has 1 fully saturated rings. The maximum atomic E-state index is 12.5. The van der Waals surface area contributed by atoms with E-state index in [0.717, 1.165) is 6.42 Å². The van der Waals surface area contributed by atoms with Gasteiger partial charge in [-0.2, -0.15) is 0 Å². The quantitative estimate of drug-likeness (QED) is 0.870. The van der Waals surface area contributed by atoms with Crippen molar-refractivity contribution in [3.8, 4) is 10.9 Å². The number of hydrogen-bond acceptors (Lipinski definition) is 5. The highest BCUT2D eigenvalue weighted by molar-refractivity contribution is 7.11. The second-order valence-electron chi connectivity index (χ2n) is 4.81. The van der Waals surface area contributed by atoms with Crippen LogP contribution in [-0.2, 0) is 0 Å². The fourth-order valence-corrected chi connectivity index (χ4v) is 2.91. The average molecular weight is 304 g/mol. The zero-order chi connectivity index (χ0) is 14.7. The number of rotatable bonds is 4. The summed E-state index contributed by atoms with van der Waals surface area (Å²) in [5.41, 5.74) is 0.643. The lowest BCUT2D eigenvalue weighted by Crippen LogP contribution is -2.30. The van der Waals surface area contributed by atoms with E-state index < -0.39 is 0 Å². The summed E-state index contributed by atoms with van der Waals surface area (Å²) in [5.74, 6) is 0.703. The third-order valence-corrected chi connectivity index (χ3v) is 4.09. The number of thiazole rings is 1. The van der Waals surface area contributed by atoms with Crippen LogP contribution in [0.4, 0.5) is 0 Å². The van der Waals surface area contributed by atoms with Crippen molar-refractivity contribution >= 4 is 17.2 Å². The number of aromatic nitrogens is 1. The maximum Gasteiger partial charge on any atom is 0.273 e.